The highest BCUT2D eigenvalue weighted by Crippen LogP contribution is 2.28. The lowest BCUT2D eigenvalue weighted by molar-refractivity contribution is 0.0602. The molecule has 0 aliphatic rings. The summed E-state index contributed by atoms with van der Waals surface area (Å²) in [4.78, 5) is 20.0. The predicted octanol–water partition coefficient (Wildman–Crippen LogP) is 2.26. The van der Waals surface area contributed by atoms with E-state index in [4.69, 9.17) is 14.9 Å². The Kier molecular flexibility index (Phi) is 2.83. The van der Waals surface area contributed by atoms with Crippen LogP contribution < -0.4 is 5.73 Å². The molecule has 6 nitrogen and oxygen atoms in total. The summed E-state index contributed by atoms with van der Waals surface area (Å²) in [5.41, 5.74) is 8.09. The quantitative estimate of drug-likeness (QED) is 0.566. The highest BCUT2D eigenvalue weighted by Gasteiger charge is 2.18. The normalized spacial score (nSPS) is 10.7. The third kappa shape index (κ3) is 1.97. The van der Waals surface area contributed by atoms with Gasteiger partial charge in [-0.05, 0) is 24.3 Å². The van der Waals surface area contributed by atoms with E-state index in [2.05, 4.69) is 9.97 Å². The second-order valence-electron chi connectivity index (χ2n) is 4.16. The molecule has 0 atom stereocenters. The number of carbonyl (C=O) groups excluding carboxylic acids is 1. The molecular formula is C14H11N3O3. The fraction of sp³-hybridized carbons (Fsp3) is 0.0714. The summed E-state index contributed by atoms with van der Waals surface area (Å²) in [6.07, 6.45) is 3.28. The van der Waals surface area contributed by atoms with Crippen molar-refractivity contribution in [2.24, 2.45) is 0 Å². The average molecular weight is 269 g/mol. The number of pyridine rings is 1. The predicted molar refractivity (Wildman–Crippen MR) is 73.0 cm³/mol. The maximum absolute atomic E-state index is 11.7. The number of anilines is 1. The van der Waals surface area contributed by atoms with E-state index < -0.39 is 5.97 Å². The number of aromatic nitrogens is 2. The molecule has 1 aromatic carbocycles. The topological polar surface area (TPSA) is 91.2 Å². The lowest BCUT2D eigenvalue weighted by Gasteiger charge is -2.00. The van der Waals surface area contributed by atoms with Gasteiger partial charge in [0.1, 0.15) is 11.1 Å². The second-order valence-corrected chi connectivity index (χ2v) is 4.16. The number of nitrogens with two attached hydrogens (primary N) is 1. The number of benzene rings is 1. The zero-order valence-electron chi connectivity index (χ0n) is 10.7. The first-order valence-electron chi connectivity index (χ1n) is 5.88. The van der Waals surface area contributed by atoms with Crippen molar-refractivity contribution in [1.82, 2.24) is 9.97 Å². The Balaban J connectivity index is 2.23. The third-order valence-electron chi connectivity index (χ3n) is 2.84. The molecule has 2 heterocycles. The second kappa shape index (κ2) is 4.65. The highest BCUT2D eigenvalue weighted by molar-refractivity contribution is 6.03. The summed E-state index contributed by atoms with van der Waals surface area (Å²) in [6.45, 7) is 0. The zero-order chi connectivity index (χ0) is 14.1. The first kappa shape index (κ1) is 12.2. The first-order valence-corrected chi connectivity index (χ1v) is 5.88. The highest BCUT2D eigenvalue weighted by atomic mass is 16.5. The summed E-state index contributed by atoms with van der Waals surface area (Å²) < 4.78 is 10.4. The Hall–Kier alpha value is -2.89. The molecule has 6 heteroatoms. The molecule has 100 valence electrons. The van der Waals surface area contributed by atoms with Crippen molar-refractivity contribution >= 4 is 22.8 Å². The van der Waals surface area contributed by atoms with Crippen molar-refractivity contribution in [3.63, 3.8) is 0 Å². The molecule has 0 unspecified atom stereocenters. The molecular weight excluding hydrogens is 258 g/mol. The maximum Gasteiger partial charge on any atom is 0.341 e. The number of nitrogens with zero attached hydrogens (tertiary/aromatic N) is 2. The van der Waals surface area contributed by atoms with E-state index in [0.717, 1.165) is 5.56 Å². The number of hydrogen-bond donors (Lipinski definition) is 1. The summed E-state index contributed by atoms with van der Waals surface area (Å²) in [5.74, 6) is -0.113. The van der Waals surface area contributed by atoms with Crippen LogP contribution in [0.5, 0.6) is 0 Å². The minimum Gasteiger partial charge on any atom is -0.465 e. The molecule has 3 aromatic rings. The number of carbonyl (C=O) groups is 1. The van der Waals surface area contributed by atoms with Gasteiger partial charge in [0.15, 0.2) is 5.58 Å². The summed E-state index contributed by atoms with van der Waals surface area (Å²) >= 11 is 0. The number of fused-ring (bicyclic) bond motifs is 1. The number of oxazole rings is 1. The minimum absolute atomic E-state index is 0.260. The van der Waals surface area contributed by atoms with Crippen LogP contribution in [0, 0.1) is 0 Å². The van der Waals surface area contributed by atoms with Gasteiger partial charge in [0.25, 0.3) is 0 Å². The summed E-state index contributed by atoms with van der Waals surface area (Å²) in [6, 6.07) is 6.70. The minimum atomic E-state index is -0.514. The molecule has 0 aliphatic carbocycles. The van der Waals surface area contributed by atoms with Crippen LogP contribution >= 0.6 is 0 Å². The Labute approximate surface area is 114 Å². The molecule has 20 heavy (non-hydrogen) atoms. The number of hydrogen-bond acceptors (Lipinski definition) is 6. The molecule has 0 aliphatic heterocycles. The van der Waals surface area contributed by atoms with Crippen molar-refractivity contribution in [3.05, 3.63) is 42.2 Å². The molecule has 2 aromatic heterocycles. The average Bonchev–Trinajstić information content (AvgIpc) is 2.90. The summed E-state index contributed by atoms with van der Waals surface area (Å²) in [7, 11) is 1.30. The maximum atomic E-state index is 11.7. The molecule has 0 fully saturated rings. The van der Waals surface area contributed by atoms with Gasteiger partial charge in [0, 0.05) is 23.6 Å². The van der Waals surface area contributed by atoms with Gasteiger partial charge in [-0.2, -0.15) is 0 Å². The van der Waals surface area contributed by atoms with E-state index in [1.54, 1.807) is 30.6 Å². The van der Waals surface area contributed by atoms with Gasteiger partial charge in [0.2, 0.25) is 5.89 Å². The third-order valence-corrected chi connectivity index (χ3v) is 2.84. The zero-order valence-corrected chi connectivity index (χ0v) is 10.7. The van der Waals surface area contributed by atoms with Crippen LogP contribution in [-0.2, 0) is 4.74 Å². The van der Waals surface area contributed by atoms with Crippen molar-refractivity contribution < 1.29 is 13.9 Å². The summed E-state index contributed by atoms with van der Waals surface area (Å²) in [5, 5.41) is 0. The van der Waals surface area contributed by atoms with E-state index in [1.165, 1.54) is 13.2 Å². The fourth-order valence-electron chi connectivity index (χ4n) is 1.93. The Morgan fingerprint density at radius 2 is 2.05 bits per heavy atom. The van der Waals surface area contributed by atoms with E-state index in [-0.39, 0.29) is 5.56 Å². The van der Waals surface area contributed by atoms with Crippen LogP contribution in [0.4, 0.5) is 5.69 Å². The first-order chi connectivity index (χ1) is 9.69. The SMILES string of the molecule is COC(=O)c1cc(N)cc2nc(-c3ccncc3)oc12. The number of nitrogen functional groups attached to an aromatic ring is 1. The van der Waals surface area contributed by atoms with E-state index >= 15 is 0 Å². The molecule has 3 rings (SSSR count). The smallest absolute Gasteiger partial charge is 0.341 e. The molecule has 0 bridgehead atoms. The van der Waals surface area contributed by atoms with Gasteiger partial charge in [0.05, 0.1) is 7.11 Å². The van der Waals surface area contributed by atoms with Crippen molar-refractivity contribution in [1.29, 1.82) is 0 Å². The van der Waals surface area contributed by atoms with Crippen molar-refractivity contribution in [2.45, 2.75) is 0 Å². The Morgan fingerprint density at radius 3 is 2.75 bits per heavy atom. The van der Waals surface area contributed by atoms with Crippen molar-refractivity contribution in [3.8, 4) is 11.5 Å². The van der Waals surface area contributed by atoms with Gasteiger partial charge < -0.3 is 14.9 Å². The van der Waals surface area contributed by atoms with Gasteiger partial charge in [-0.25, -0.2) is 9.78 Å². The molecule has 0 amide bonds. The van der Waals surface area contributed by atoms with E-state index in [0.29, 0.717) is 22.7 Å². The van der Waals surface area contributed by atoms with Gasteiger partial charge >= 0.3 is 5.97 Å². The molecule has 0 spiro atoms. The largest absolute Gasteiger partial charge is 0.465 e. The van der Waals surface area contributed by atoms with Crippen LogP contribution in [0.15, 0.2) is 41.1 Å². The molecule has 0 saturated heterocycles. The van der Waals surface area contributed by atoms with E-state index in [1.807, 2.05) is 0 Å². The Bertz CT molecular complexity index is 781. The van der Waals surface area contributed by atoms with Crippen molar-refractivity contribution in [2.75, 3.05) is 12.8 Å². The van der Waals surface area contributed by atoms with Gasteiger partial charge in [-0.3, -0.25) is 4.98 Å². The van der Waals surface area contributed by atoms with Crippen LogP contribution in [-0.4, -0.2) is 23.0 Å². The van der Waals surface area contributed by atoms with E-state index in [9.17, 15) is 4.79 Å². The van der Waals surface area contributed by atoms with Gasteiger partial charge in [-0.1, -0.05) is 0 Å². The Morgan fingerprint density at radius 1 is 1.30 bits per heavy atom. The monoisotopic (exact) mass is 269 g/mol. The lowest BCUT2D eigenvalue weighted by Crippen LogP contribution is -2.02. The number of methoxy groups -OCH3 is 1. The van der Waals surface area contributed by atoms with Crippen LogP contribution in [0.2, 0.25) is 0 Å². The lowest BCUT2D eigenvalue weighted by atomic mass is 10.2. The fourth-order valence-corrected chi connectivity index (χ4v) is 1.93. The number of rotatable bonds is 2. The van der Waals surface area contributed by atoms with Gasteiger partial charge in [-0.15, -0.1) is 0 Å². The molecule has 0 saturated carbocycles. The van der Waals surface area contributed by atoms with Crippen LogP contribution in [0.25, 0.3) is 22.6 Å². The van der Waals surface area contributed by atoms with Crippen LogP contribution in [0.1, 0.15) is 10.4 Å². The molecule has 2 N–H and O–H groups in total. The number of ether oxygens (including phenoxy) is 1. The molecule has 0 radical (unpaired) electrons. The standard InChI is InChI=1S/C14H11N3O3/c1-19-14(18)10-6-9(15)7-11-12(10)20-13(17-11)8-2-4-16-5-3-8/h2-7H,15H2,1H3. The number of esters is 1. The van der Waals surface area contributed by atoms with Crippen LogP contribution in [0.3, 0.4) is 0 Å².